The summed E-state index contributed by atoms with van der Waals surface area (Å²) in [5, 5.41) is 21.3. The lowest BCUT2D eigenvalue weighted by molar-refractivity contribution is -0.143. The van der Waals surface area contributed by atoms with Gasteiger partial charge in [0.05, 0.1) is 35.9 Å². The molecule has 1 saturated carbocycles. The van der Waals surface area contributed by atoms with Crippen molar-refractivity contribution in [1.82, 2.24) is 20.2 Å². The third-order valence-corrected chi connectivity index (χ3v) is 8.74. The first-order valence-corrected chi connectivity index (χ1v) is 15.0. The lowest BCUT2D eigenvalue weighted by Crippen LogP contribution is -2.46. The van der Waals surface area contributed by atoms with Crippen LogP contribution in [-0.2, 0) is 31.6 Å². The molecule has 5 rings (SSSR count). The van der Waals surface area contributed by atoms with Crippen LogP contribution in [0, 0.1) is 5.92 Å². The van der Waals surface area contributed by atoms with Gasteiger partial charge in [0.25, 0.3) is 5.95 Å². The highest BCUT2D eigenvalue weighted by Crippen LogP contribution is 2.46. The standard InChI is InChI=1S/C30H33F9N6O/c1-2-23-15-26(24-14-20(28(31,32)33)7-8-25(24)43(23)16-18-5-3-4-6-18)44(27-40-42-45(41-27)9-10-46)17-19-11-21(29(34,35)36)13-22(12-19)30(37,38)39/h7-8,11-14,18,23,26,46H,2-6,9-10,15-17H2,1H3. The van der Waals surface area contributed by atoms with Gasteiger partial charge in [0.15, 0.2) is 0 Å². The van der Waals surface area contributed by atoms with Crippen molar-refractivity contribution < 1.29 is 44.6 Å². The molecule has 0 saturated heterocycles. The summed E-state index contributed by atoms with van der Waals surface area (Å²) in [5.74, 6) is 0.120. The number of aliphatic hydroxyl groups excluding tert-OH is 1. The Morgan fingerprint density at radius 2 is 1.50 bits per heavy atom. The molecule has 0 bridgehead atoms. The van der Waals surface area contributed by atoms with Gasteiger partial charge in [0.1, 0.15) is 0 Å². The van der Waals surface area contributed by atoms with Gasteiger partial charge >= 0.3 is 18.5 Å². The third kappa shape index (κ3) is 7.36. The second-order valence-corrected chi connectivity index (χ2v) is 11.8. The van der Waals surface area contributed by atoms with E-state index in [9.17, 15) is 44.6 Å². The Morgan fingerprint density at radius 1 is 0.870 bits per heavy atom. The molecule has 16 heteroatoms. The minimum atomic E-state index is -5.10. The molecule has 7 nitrogen and oxygen atoms in total. The van der Waals surface area contributed by atoms with Gasteiger partial charge in [-0.3, -0.25) is 0 Å². The molecule has 46 heavy (non-hydrogen) atoms. The fraction of sp³-hybridized carbons (Fsp3) is 0.567. The summed E-state index contributed by atoms with van der Waals surface area (Å²) in [6, 6.07) is 3.37. The average molecular weight is 665 g/mol. The molecule has 0 radical (unpaired) electrons. The first kappa shape index (κ1) is 33.8. The summed E-state index contributed by atoms with van der Waals surface area (Å²) < 4.78 is 125. The van der Waals surface area contributed by atoms with Gasteiger partial charge in [-0.05, 0) is 84.3 Å². The molecule has 1 aliphatic carbocycles. The van der Waals surface area contributed by atoms with E-state index >= 15 is 0 Å². The maximum Gasteiger partial charge on any atom is 0.416 e. The van der Waals surface area contributed by atoms with Crippen LogP contribution in [0.4, 0.5) is 51.1 Å². The fourth-order valence-corrected chi connectivity index (χ4v) is 6.53. The van der Waals surface area contributed by atoms with Crippen LogP contribution >= 0.6 is 0 Å². The van der Waals surface area contributed by atoms with Crippen molar-refractivity contribution in [2.75, 3.05) is 23.0 Å². The zero-order valence-electron chi connectivity index (χ0n) is 24.8. The van der Waals surface area contributed by atoms with Crippen LogP contribution in [0.1, 0.15) is 79.3 Å². The number of tetrazole rings is 1. The lowest BCUT2D eigenvalue weighted by Gasteiger charge is -2.46. The number of aromatic nitrogens is 4. The van der Waals surface area contributed by atoms with Crippen molar-refractivity contribution in [1.29, 1.82) is 0 Å². The van der Waals surface area contributed by atoms with Crippen LogP contribution in [0.15, 0.2) is 36.4 Å². The molecular formula is C30H33F9N6O. The van der Waals surface area contributed by atoms with E-state index in [-0.39, 0.29) is 36.6 Å². The number of benzene rings is 2. The first-order chi connectivity index (χ1) is 21.6. The molecule has 2 aromatic carbocycles. The van der Waals surface area contributed by atoms with Gasteiger partial charge in [0, 0.05) is 24.8 Å². The predicted molar refractivity (Wildman–Crippen MR) is 150 cm³/mol. The van der Waals surface area contributed by atoms with Gasteiger partial charge in [-0.1, -0.05) is 24.9 Å². The van der Waals surface area contributed by atoms with E-state index in [4.69, 9.17) is 0 Å². The molecule has 3 aromatic rings. The van der Waals surface area contributed by atoms with Crippen molar-refractivity contribution in [2.45, 2.75) is 89.2 Å². The number of alkyl halides is 9. The largest absolute Gasteiger partial charge is 0.416 e. The first-order valence-electron chi connectivity index (χ1n) is 15.0. The number of hydrogen-bond donors (Lipinski definition) is 1. The number of nitrogens with zero attached hydrogens (tertiary/aromatic N) is 6. The van der Waals surface area contributed by atoms with E-state index in [1.54, 1.807) is 0 Å². The Bertz CT molecular complexity index is 1460. The van der Waals surface area contributed by atoms with Crippen molar-refractivity contribution in [2.24, 2.45) is 5.92 Å². The van der Waals surface area contributed by atoms with Crippen molar-refractivity contribution in [3.05, 3.63) is 64.2 Å². The van der Waals surface area contributed by atoms with Crippen LogP contribution in [0.25, 0.3) is 0 Å². The monoisotopic (exact) mass is 664 g/mol. The average Bonchev–Trinajstić information content (AvgIpc) is 3.67. The summed E-state index contributed by atoms with van der Waals surface area (Å²) >= 11 is 0. The number of fused-ring (bicyclic) bond motifs is 1. The Kier molecular flexibility index (Phi) is 9.49. The van der Waals surface area contributed by atoms with E-state index in [0.717, 1.165) is 42.6 Å². The maximum atomic E-state index is 14.0. The van der Waals surface area contributed by atoms with E-state index in [2.05, 4.69) is 20.3 Å². The molecule has 0 spiro atoms. The van der Waals surface area contributed by atoms with Crippen molar-refractivity contribution in [3.8, 4) is 0 Å². The topological polar surface area (TPSA) is 70.3 Å². The third-order valence-electron chi connectivity index (χ3n) is 8.74. The van der Waals surface area contributed by atoms with E-state index in [1.807, 2.05) is 6.92 Å². The molecule has 252 valence electrons. The molecule has 2 aliphatic rings. The van der Waals surface area contributed by atoms with Crippen LogP contribution in [0.3, 0.4) is 0 Å². The highest BCUT2D eigenvalue weighted by molar-refractivity contribution is 5.62. The zero-order chi connectivity index (χ0) is 33.4. The quantitative estimate of drug-likeness (QED) is 0.237. The predicted octanol–water partition coefficient (Wildman–Crippen LogP) is 7.65. The van der Waals surface area contributed by atoms with Crippen LogP contribution in [0.2, 0.25) is 0 Å². The van der Waals surface area contributed by atoms with Crippen molar-refractivity contribution in [3.63, 3.8) is 0 Å². The summed E-state index contributed by atoms with van der Waals surface area (Å²) in [7, 11) is 0. The number of anilines is 2. The van der Waals surface area contributed by atoms with E-state index in [0.29, 0.717) is 36.7 Å². The van der Waals surface area contributed by atoms with E-state index in [1.165, 1.54) is 11.0 Å². The van der Waals surface area contributed by atoms with E-state index < -0.39 is 60.0 Å². The van der Waals surface area contributed by atoms with Gasteiger partial charge in [-0.2, -0.15) is 44.3 Å². The number of hydrogen-bond acceptors (Lipinski definition) is 6. The van der Waals surface area contributed by atoms with Gasteiger partial charge in [0.2, 0.25) is 0 Å². The highest BCUT2D eigenvalue weighted by Gasteiger charge is 2.41. The number of halogens is 9. The van der Waals surface area contributed by atoms with Crippen molar-refractivity contribution >= 4 is 11.6 Å². The number of aliphatic hydroxyl groups is 1. The highest BCUT2D eigenvalue weighted by atomic mass is 19.4. The molecule has 1 aliphatic heterocycles. The van der Waals surface area contributed by atoms with Crippen LogP contribution in [0.5, 0.6) is 0 Å². The molecular weight excluding hydrogens is 631 g/mol. The van der Waals surface area contributed by atoms with Gasteiger partial charge in [-0.15, -0.1) is 5.10 Å². The molecule has 1 fully saturated rings. The zero-order valence-corrected chi connectivity index (χ0v) is 24.8. The smallest absolute Gasteiger partial charge is 0.394 e. The molecule has 2 atom stereocenters. The fourth-order valence-electron chi connectivity index (χ4n) is 6.53. The second kappa shape index (κ2) is 12.9. The summed E-state index contributed by atoms with van der Waals surface area (Å²) in [5.41, 5.74) is -3.66. The molecule has 2 unspecified atom stereocenters. The normalized spacial score (nSPS) is 19.5. The second-order valence-electron chi connectivity index (χ2n) is 11.8. The molecule has 0 amide bonds. The minimum absolute atomic E-state index is 0.0170. The minimum Gasteiger partial charge on any atom is -0.394 e. The summed E-state index contributed by atoms with van der Waals surface area (Å²) in [6.07, 6.45) is -10.1. The lowest BCUT2D eigenvalue weighted by atomic mass is 9.86. The van der Waals surface area contributed by atoms with Gasteiger partial charge < -0.3 is 14.9 Å². The Labute approximate surface area is 259 Å². The SMILES string of the molecule is CCC1CC(N(Cc2cc(C(F)(F)F)cc(C(F)(F)F)c2)c2nnn(CCO)n2)c2cc(C(F)(F)F)ccc2N1CC1CCCC1. The van der Waals surface area contributed by atoms with Gasteiger partial charge in [-0.25, -0.2) is 0 Å². The molecule has 2 heterocycles. The molecule has 1 aromatic heterocycles. The number of rotatable bonds is 9. The Hall–Kier alpha value is -3.56. The Balaban J connectivity index is 1.67. The van der Waals surface area contributed by atoms with Crippen LogP contribution in [-0.4, -0.2) is 44.5 Å². The maximum absolute atomic E-state index is 14.0. The molecule has 1 N–H and O–H groups in total. The Morgan fingerprint density at radius 3 is 2.07 bits per heavy atom. The van der Waals surface area contributed by atoms with Crippen LogP contribution < -0.4 is 9.80 Å². The summed E-state index contributed by atoms with van der Waals surface area (Å²) in [4.78, 5) is 4.39. The summed E-state index contributed by atoms with van der Waals surface area (Å²) in [6.45, 7) is 1.41.